The van der Waals surface area contributed by atoms with Crippen molar-refractivity contribution in [3.05, 3.63) is 41.6 Å². The number of benzene rings is 1. The van der Waals surface area contributed by atoms with Crippen molar-refractivity contribution in [2.75, 3.05) is 18.8 Å². The molecule has 0 unspecified atom stereocenters. The summed E-state index contributed by atoms with van der Waals surface area (Å²) in [5, 5.41) is 5.24. The Balaban J connectivity index is 1.50. The topological polar surface area (TPSA) is 82.1 Å². The molecule has 1 aliphatic heterocycles. The number of fused-ring (bicyclic) bond motifs is 1. The normalized spacial score (nSPS) is 15.8. The molecule has 7 heteroatoms. The number of rotatable bonds is 8. The van der Waals surface area contributed by atoms with Crippen LogP contribution in [0.15, 0.2) is 30.5 Å². The van der Waals surface area contributed by atoms with Crippen LogP contribution in [0.5, 0.6) is 6.01 Å². The molecule has 0 bridgehead atoms. The summed E-state index contributed by atoms with van der Waals surface area (Å²) in [6, 6.07) is 9.08. The van der Waals surface area contributed by atoms with Crippen molar-refractivity contribution in [3.63, 3.8) is 0 Å². The SMILES string of the molecule is CCC[C@@H](C)Oc1nc(N)c2cnn(Cc3ccc(CN4CCCC4)cc3)c2n1. The van der Waals surface area contributed by atoms with E-state index in [9.17, 15) is 0 Å². The summed E-state index contributed by atoms with van der Waals surface area (Å²) < 4.78 is 7.71. The molecule has 154 valence electrons. The first-order valence-corrected chi connectivity index (χ1v) is 10.6. The highest BCUT2D eigenvalue weighted by Gasteiger charge is 2.15. The average molecular weight is 395 g/mol. The van der Waals surface area contributed by atoms with Gasteiger partial charge in [-0.1, -0.05) is 37.6 Å². The van der Waals surface area contributed by atoms with Crippen LogP contribution < -0.4 is 10.5 Å². The number of hydrogen-bond donors (Lipinski definition) is 1. The van der Waals surface area contributed by atoms with Crippen LogP contribution in [0.4, 0.5) is 5.82 Å². The van der Waals surface area contributed by atoms with Gasteiger partial charge in [0.2, 0.25) is 0 Å². The summed E-state index contributed by atoms with van der Waals surface area (Å²) >= 11 is 0. The van der Waals surface area contributed by atoms with E-state index < -0.39 is 0 Å². The van der Waals surface area contributed by atoms with Gasteiger partial charge in [-0.15, -0.1) is 0 Å². The molecule has 1 saturated heterocycles. The van der Waals surface area contributed by atoms with Crippen molar-refractivity contribution in [2.24, 2.45) is 0 Å². The number of hydrogen-bond acceptors (Lipinski definition) is 6. The molecule has 1 aromatic carbocycles. The minimum atomic E-state index is 0.0522. The molecule has 1 fully saturated rings. The molecule has 3 aromatic rings. The fourth-order valence-electron chi connectivity index (χ4n) is 3.89. The lowest BCUT2D eigenvalue weighted by molar-refractivity contribution is 0.193. The minimum Gasteiger partial charge on any atom is -0.460 e. The molecule has 0 aliphatic carbocycles. The summed E-state index contributed by atoms with van der Waals surface area (Å²) in [4.78, 5) is 11.4. The first-order chi connectivity index (χ1) is 14.1. The Kier molecular flexibility index (Phi) is 5.94. The number of nitrogens with zero attached hydrogens (tertiary/aromatic N) is 5. The van der Waals surface area contributed by atoms with Crippen LogP contribution in [0.25, 0.3) is 11.0 Å². The number of likely N-dealkylation sites (tertiary alicyclic amines) is 1. The van der Waals surface area contributed by atoms with Crippen molar-refractivity contribution in [3.8, 4) is 6.01 Å². The fourth-order valence-corrected chi connectivity index (χ4v) is 3.89. The second-order valence-electron chi connectivity index (χ2n) is 7.95. The van der Waals surface area contributed by atoms with Crippen molar-refractivity contribution in [2.45, 2.75) is 58.7 Å². The van der Waals surface area contributed by atoms with Crippen LogP contribution in [0.3, 0.4) is 0 Å². The Hall–Kier alpha value is -2.67. The van der Waals surface area contributed by atoms with Gasteiger partial charge in [0.15, 0.2) is 5.65 Å². The Morgan fingerprint density at radius 3 is 2.45 bits per heavy atom. The third kappa shape index (κ3) is 4.67. The van der Waals surface area contributed by atoms with Gasteiger partial charge in [-0.2, -0.15) is 15.1 Å². The van der Waals surface area contributed by atoms with E-state index in [1.807, 2.05) is 11.6 Å². The van der Waals surface area contributed by atoms with Crippen LogP contribution >= 0.6 is 0 Å². The largest absolute Gasteiger partial charge is 0.460 e. The fraction of sp³-hybridized carbons (Fsp3) is 0.500. The predicted molar refractivity (Wildman–Crippen MR) is 115 cm³/mol. The number of nitrogen functional groups attached to an aromatic ring is 1. The zero-order chi connectivity index (χ0) is 20.2. The van der Waals surface area contributed by atoms with Gasteiger partial charge in [0, 0.05) is 6.54 Å². The lowest BCUT2D eigenvalue weighted by Crippen LogP contribution is -2.18. The predicted octanol–water partition coefficient (Wildman–Crippen LogP) is 3.62. The molecule has 4 rings (SSSR count). The quantitative estimate of drug-likeness (QED) is 0.628. The summed E-state index contributed by atoms with van der Waals surface area (Å²) in [6.45, 7) is 8.24. The molecule has 0 amide bonds. The molecule has 0 saturated carbocycles. The van der Waals surface area contributed by atoms with E-state index in [2.05, 4.69) is 51.2 Å². The minimum absolute atomic E-state index is 0.0522. The Bertz CT molecular complexity index is 946. The molecular formula is C22H30N6O. The molecule has 0 radical (unpaired) electrons. The van der Waals surface area contributed by atoms with Gasteiger partial charge in [0.05, 0.1) is 24.2 Å². The lowest BCUT2D eigenvalue weighted by atomic mass is 10.1. The number of aromatic nitrogens is 4. The molecule has 3 heterocycles. The lowest BCUT2D eigenvalue weighted by Gasteiger charge is -2.15. The standard InChI is InChI=1S/C22H30N6O/c1-3-6-16(2)29-22-25-20(23)19-13-24-28(21(19)26-22)15-18-9-7-17(8-10-18)14-27-11-4-5-12-27/h7-10,13,16H,3-6,11-12,14-15H2,1-2H3,(H2,23,25,26)/t16-/m1/s1. The summed E-state index contributed by atoms with van der Waals surface area (Å²) in [5.74, 6) is 0.404. The van der Waals surface area contributed by atoms with Gasteiger partial charge < -0.3 is 10.5 Å². The van der Waals surface area contributed by atoms with Gasteiger partial charge >= 0.3 is 6.01 Å². The summed E-state index contributed by atoms with van der Waals surface area (Å²) in [7, 11) is 0. The van der Waals surface area contributed by atoms with Crippen LogP contribution in [0, 0.1) is 0 Å². The average Bonchev–Trinajstić information content (AvgIpc) is 3.34. The summed E-state index contributed by atoms with van der Waals surface area (Å²) in [5.41, 5.74) is 9.36. The van der Waals surface area contributed by atoms with Crippen molar-refractivity contribution < 1.29 is 4.74 Å². The zero-order valence-electron chi connectivity index (χ0n) is 17.3. The third-order valence-corrected chi connectivity index (χ3v) is 5.47. The Morgan fingerprint density at radius 2 is 1.76 bits per heavy atom. The first kappa shape index (κ1) is 19.6. The first-order valence-electron chi connectivity index (χ1n) is 10.6. The molecule has 1 atom stereocenters. The van der Waals surface area contributed by atoms with E-state index >= 15 is 0 Å². The molecule has 1 aliphatic rings. The van der Waals surface area contributed by atoms with Crippen LogP contribution in [0.1, 0.15) is 50.7 Å². The van der Waals surface area contributed by atoms with E-state index in [4.69, 9.17) is 10.5 Å². The van der Waals surface area contributed by atoms with Crippen molar-refractivity contribution in [1.29, 1.82) is 0 Å². The van der Waals surface area contributed by atoms with E-state index in [0.29, 0.717) is 24.0 Å². The molecule has 2 N–H and O–H groups in total. The van der Waals surface area contributed by atoms with E-state index in [1.54, 1.807) is 6.20 Å². The highest BCUT2D eigenvalue weighted by atomic mass is 16.5. The molecule has 7 nitrogen and oxygen atoms in total. The highest BCUT2D eigenvalue weighted by Crippen LogP contribution is 2.22. The smallest absolute Gasteiger partial charge is 0.320 e. The maximum absolute atomic E-state index is 6.12. The van der Waals surface area contributed by atoms with Gasteiger partial charge in [-0.25, -0.2) is 4.68 Å². The molecule has 2 aromatic heterocycles. The molecule has 29 heavy (non-hydrogen) atoms. The van der Waals surface area contributed by atoms with Gasteiger partial charge in [0.1, 0.15) is 5.82 Å². The molecular weight excluding hydrogens is 364 g/mol. The van der Waals surface area contributed by atoms with Gasteiger partial charge in [-0.3, -0.25) is 4.90 Å². The van der Waals surface area contributed by atoms with Crippen molar-refractivity contribution in [1.82, 2.24) is 24.6 Å². The second kappa shape index (κ2) is 8.78. The van der Waals surface area contributed by atoms with E-state index in [-0.39, 0.29) is 6.10 Å². The van der Waals surface area contributed by atoms with E-state index in [0.717, 1.165) is 24.8 Å². The monoisotopic (exact) mass is 394 g/mol. The second-order valence-corrected chi connectivity index (χ2v) is 7.95. The maximum atomic E-state index is 6.12. The third-order valence-electron chi connectivity index (χ3n) is 5.47. The van der Waals surface area contributed by atoms with E-state index in [1.165, 1.54) is 37.1 Å². The highest BCUT2D eigenvalue weighted by molar-refractivity contribution is 5.85. The van der Waals surface area contributed by atoms with Crippen LogP contribution in [-0.2, 0) is 13.1 Å². The zero-order valence-corrected chi connectivity index (χ0v) is 17.3. The number of nitrogens with two attached hydrogens (primary N) is 1. The van der Waals surface area contributed by atoms with Crippen molar-refractivity contribution >= 4 is 16.9 Å². The number of ether oxygens (including phenoxy) is 1. The maximum Gasteiger partial charge on any atom is 0.320 e. The number of anilines is 1. The Labute approximate surface area is 171 Å². The van der Waals surface area contributed by atoms with Gasteiger partial charge in [0.25, 0.3) is 0 Å². The van der Waals surface area contributed by atoms with Crippen LogP contribution in [0.2, 0.25) is 0 Å². The Morgan fingerprint density at radius 1 is 1.07 bits per heavy atom. The molecule has 0 spiro atoms. The summed E-state index contributed by atoms with van der Waals surface area (Å²) in [6.07, 6.45) is 6.41. The van der Waals surface area contributed by atoms with Crippen LogP contribution in [-0.4, -0.2) is 43.8 Å². The van der Waals surface area contributed by atoms with Gasteiger partial charge in [-0.05, 0) is 50.4 Å².